The van der Waals surface area contributed by atoms with Gasteiger partial charge in [-0.25, -0.2) is 0 Å². The van der Waals surface area contributed by atoms with Crippen LogP contribution in [0.25, 0.3) is 6.08 Å². The number of carbonyl (C=O) groups excluding carboxylic acids is 1. The van der Waals surface area contributed by atoms with Crippen LogP contribution in [0, 0.1) is 11.3 Å². The number of hydrogen-bond donors (Lipinski definition) is 1. The van der Waals surface area contributed by atoms with E-state index in [1.807, 2.05) is 13.0 Å². The van der Waals surface area contributed by atoms with E-state index in [1.165, 1.54) is 17.4 Å². The zero-order chi connectivity index (χ0) is 17.4. The molecule has 0 saturated carbocycles. The van der Waals surface area contributed by atoms with Crippen molar-refractivity contribution in [2.45, 2.75) is 13.3 Å². The minimum Gasteiger partial charge on any atom is -0.490 e. The summed E-state index contributed by atoms with van der Waals surface area (Å²) in [7, 11) is 0. The van der Waals surface area contributed by atoms with Crippen molar-refractivity contribution in [1.29, 1.82) is 5.26 Å². The molecule has 122 valence electrons. The third-order valence-corrected chi connectivity index (χ3v) is 3.90. The molecule has 6 nitrogen and oxygen atoms in total. The van der Waals surface area contributed by atoms with Gasteiger partial charge in [-0.05, 0) is 30.2 Å². The van der Waals surface area contributed by atoms with Gasteiger partial charge in [0, 0.05) is 0 Å². The summed E-state index contributed by atoms with van der Waals surface area (Å²) in [4.78, 5) is 12.2. The molecule has 0 fully saturated rings. The maximum absolute atomic E-state index is 12.2. The normalized spacial score (nSPS) is 10.8. The number of anilines is 1. The van der Waals surface area contributed by atoms with E-state index < -0.39 is 5.91 Å². The van der Waals surface area contributed by atoms with Crippen LogP contribution in [-0.2, 0) is 11.2 Å². The first kappa shape index (κ1) is 17.4. The predicted molar refractivity (Wildman–Crippen MR) is 93.6 cm³/mol. The Morgan fingerprint density at radius 3 is 2.75 bits per heavy atom. The summed E-state index contributed by atoms with van der Waals surface area (Å²) in [5, 5.41) is 20.8. The molecule has 0 radical (unpaired) electrons. The molecule has 0 saturated heterocycles. The lowest BCUT2D eigenvalue weighted by molar-refractivity contribution is -0.112. The molecule has 2 rings (SSSR count). The maximum Gasteiger partial charge on any atom is 0.268 e. The van der Waals surface area contributed by atoms with Crippen LogP contribution in [0.15, 0.2) is 42.5 Å². The summed E-state index contributed by atoms with van der Waals surface area (Å²) in [6, 6.07) is 8.96. The summed E-state index contributed by atoms with van der Waals surface area (Å²) in [6.45, 7) is 5.95. The number of benzene rings is 1. The van der Waals surface area contributed by atoms with E-state index in [9.17, 15) is 10.1 Å². The van der Waals surface area contributed by atoms with Gasteiger partial charge in [0.2, 0.25) is 5.13 Å². The molecule has 1 aromatic carbocycles. The van der Waals surface area contributed by atoms with Gasteiger partial charge in [0.1, 0.15) is 29.0 Å². The van der Waals surface area contributed by atoms with Crippen LogP contribution in [0.2, 0.25) is 0 Å². The second-order valence-electron chi connectivity index (χ2n) is 4.65. The van der Waals surface area contributed by atoms with Crippen molar-refractivity contribution < 1.29 is 9.53 Å². The Hall–Kier alpha value is -2.98. The number of carbonyl (C=O) groups is 1. The molecule has 0 atom stereocenters. The number of nitriles is 1. The van der Waals surface area contributed by atoms with Crippen LogP contribution in [0.4, 0.5) is 5.13 Å². The van der Waals surface area contributed by atoms with Crippen molar-refractivity contribution in [2.75, 3.05) is 11.9 Å². The largest absolute Gasteiger partial charge is 0.490 e. The average molecular weight is 340 g/mol. The first-order valence-corrected chi connectivity index (χ1v) is 8.07. The lowest BCUT2D eigenvalue weighted by Gasteiger charge is -2.03. The molecule has 0 aliphatic carbocycles. The number of nitrogens with one attached hydrogen (secondary N) is 1. The van der Waals surface area contributed by atoms with E-state index in [1.54, 1.807) is 30.3 Å². The fourth-order valence-electron chi connectivity index (χ4n) is 1.74. The average Bonchev–Trinajstić information content (AvgIpc) is 3.06. The van der Waals surface area contributed by atoms with Gasteiger partial charge in [0.05, 0.1) is 0 Å². The second kappa shape index (κ2) is 8.60. The summed E-state index contributed by atoms with van der Waals surface area (Å²) in [5.74, 6) is 0.180. The monoisotopic (exact) mass is 340 g/mol. The van der Waals surface area contributed by atoms with Gasteiger partial charge in [0.25, 0.3) is 5.91 Å². The molecule has 1 amide bonds. The number of hydrogen-bond acceptors (Lipinski definition) is 6. The van der Waals surface area contributed by atoms with Crippen molar-refractivity contribution in [2.24, 2.45) is 0 Å². The van der Waals surface area contributed by atoms with Crippen molar-refractivity contribution in [3.8, 4) is 11.8 Å². The summed E-state index contributed by atoms with van der Waals surface area (Å²) < 4.78 is 5.38. The Bertz CT molecular complexity index is 788. The van der Waals surface area contributed by atoms with Crippen LogP contribution in [0.1, 0.15) is 17.5 Å². The van der Waals surface area contributed by atoms with E-state index in [0.29, 0.717) is 17.5 Å². The van der Waals surface area contributed by atoms with Gasteiger partial charge in [-0.15, -0.1) is 10.2 Å². The zero-order valence-corrected chi connectivity index (χ0v) is 14.0. The fourth-order valence-corrected chi connectivity index (χ4v) is 2.42. The van der Waals surface area contributed by atoms with E-state index in [2.05, 4.69) is 22.1 Å². The first-order chi connectivity index (χ1) is 11.7. The summed E-state index contributed by atoms with van der Waals surface area (Å²) in [6.07, 6.45) is 3.91. The Labute approximate surface area is 144 Å². The number of aryl methyl sites for hydroxylation is 1. The highest BCUT2D eigenvalue weighted by Crippen LogP contribution is 2.18. The molecular formula is C17H16N4O2S. The number of ether oxygens (including phenoxy) is 1. The molecule has 2 aromatic rings. The van der Waals surface area contributed by atoms with E-state index in [-0.39, 0.29) is 5.57 Å². The molecule has 0 unspecified atom stereocenters. The molecule has 1 aromatic heterocycles. The molecule has 24 heavy (non-hydrogen) atoms. The van der Waals surface area contributed by atoms with E-state index in [4.69, 9.17) is 4.74 Å². The van der Waals surface area contributed by atoms with Gasteiger partial charge in [-0.1, -0.05) is 43.0 Å². The predicted octanol–water partition coefficient (Wildman–Crippen LogP) is 3.21. The Morgan fingerprint density at radius 1 is 1.42 bits per heavy atom. The van der Waals surface area contributed by atoms with E-state index in [0.717, 1.165) is 17.0 Å². The lowest BCUT2D eigenvalue weighted by Crippen LogP contribution is -2.13. The van der Waals surface area contributed by atoms with Gasteiger partial charge in [-0.3, -0.25) is 10.1 Å². The molecule has 0 bridgehead atoms. The second-order valence-corrected chi connectivity index (χ2v) is 5.71. The third-order valence-electron chi connectivity index (χ3n) is 2.91. The van der Waals surface area contributed by atoms with Gasteiger partial charge in [-0.2, -0.15) is 5.26 Å². The molecular weight excluding hydrogens is 324 g/mol. The molecule has 1 N–H and O–H groups in total. The highest BCUT2D eigenvalue weighted by atomic mass is 32.1. The van der Waals surface area contributed by atoms with Crippen LogP contribution in [0.3, 0.4) is 0 Å². The topological polar surface area (TPSA) is 87.9 Å². The number of aromatic nitrogens is 2. The maximum atomic E-state index is 12.2. The number of rotatable bonds is 7. The van der Waals surface area contributed by atoms with Crippen molar-refractivity contribution in [3.05, 3.63) is 53.1 Å². The smallest absolute Gasteiger partial charge is 0.268 e. The Kier molecular flexibility index (Phi) is 6.23. The quantitative estimate of drug-likeness (QED) is 0.475. The van der Waals surface area contributed by atoms with Gasteiger partial charge >= 0.3 is 0 Å². The lowest BCUT2D eigenvalue weighted by atomic mass is 10.1. The van der Waals surface area contributed by atoms with Crippen molar-refractivity contribution in [1.82, 2.24) is 10.2 Å². The van der Waals surface area contributed by atoms with Crippen LogP contribution >= 0.6 is 11.3 Å². The molecule has 7 heteroatoms. The molecule has 0 aliphatic heterocycles. The summed E-state index contributed by atoms with van der Waals surface area (Å²) >= 11 is 1.29. The van der Waals surface area contributed by atoms with Crippen molar-refractivity contribution >= 4 is 28.5 Å². The van der Waals surface area contributed by atoms with Crippen LogP contribution < -0.4 is 10.1 Å². The standard InChI is InChI=1S/C17H16N4O2S/c1-3-9-23-14-7-5-12(6-8-14)10-13(11-18)16(22)19-17-21-20-15(4-2)24-17/h3,5-8,10H,1,4,9H2,2H3,(H,19,21,22)/b13-10+. The number of nitrogens with zero attached hydrogens (tertiary/aromatic N) is 3. The van der Waals surface area contributed by atoms with Crippen LogP contribution in [0.5, 0.6) is 5.75 Å². The molecule has 1 heterocycles. The molecule has 0 aliphatic rings. The third kappa shape index (κ3) is 4.76. The van der Waals surface area contributed by atoms with Gasteiger partial charge in [0.15, 0.2) is 0 Å². The Balaban J connectivity index is 2.08. The zero-order valence-electron chi connectivity index (χ0n) is 13.2. The minimum atomic E-state index is -0.511. The van der Waals surface area contributed by atoms with Gasteiger partial charge < -0.3 is 4.74 Å². The minimum absolute atomic E-state index is 0.0111. The summed E-state index contributed by atoms with van der Waals surface area (Å²) in [5.41, 5.74) is 0.710. The highest BCUT2D eigenvalue weighted by molar-refractivity contribution is 7.15. The molecule has 0 spiro atoms. The Morgan fingerprint density at radius 2 is 2.17 bits per heavy atom. The number of amides is 1. The fraction of sp³-hybridized carbons (Fsp3) is 0.176. The van der Waals surface area contributed by atoms with Crippen molar-refractivity contribution in [3.63, 3.8) is 0 Å². The first-order valence-electron chi connectivity index (χ1n) is 7.25. The van der Waals surface area contributed by atoms with E-state index >= 15 is 0 Å². The SMILES string of the molecule is C=CCOc1ccc(/C=C(\C#N)C(=O)Nc2nnc(CC)s2)cc1. The highest BCUT2D eigenvalue weighted by Gasteiger charge is 2.12. The van der Waals surface area contributed by atoms with Crippen LogP contribution in [-0.4, -0.2) is 22.7 Å².